The Morgan fingerprint density at radius 2 is 1.80 bits per heavy atom. The fraction of sp³-hybridized carbons (Fsp3) is 0.438. The van der Waals surface area contributed by atoms with Gasteiger partial charge in [0.15, 0.2) is 5.82 Å². The summed E-state index contributed by atoms with van der Waals surface area (Å²) in [6.07, 6.45) is 4.76. The van der Waals surface area contributed by atoms with Crippen LogP contribution in [-0.2, 0) is 6.54 Å². The molecule has 4 nitrogen and oxygen atoms in total. The summed E-state index contributed by atoms with van der Waals surface area (Å²) < 4.78 is 0. The molecule has 0 fully saturated rings. The van der Waals surface area contributed by atoms with Gasteiger partial charge in [-0.3, -0.25) is 4.98 Å². The van der Waals surface area contributed by atoms with Gasteiger partial charge in [0.25, 0.3) is 0 Å². The minimum atomic E-state index is 0.768. The van der Waals surface area contributed by atoms with Crippen molar-refractivity contribution in [1.82, 2.24) is 20.3 Å². The summed E-state index contributed by atoms with van der Waals surface area (Å²) in [6.45, 7) is 10.2. The predicted octanol–water partition coefficient (Wildman–Crippen LogP) is 2.96. The van der Waals surface area contributed by atoms with Gasteiger partial charge in [-0.05, 0) is 45.4 Å². The van der Waals surface area contributed by atoms with Gasteiger partial charge in [0.05, 0.1) is 0 Å². The van der Waals surface area contributed by atoms with Gasteiger partial charge < -0.3 is 5.32 Å². The molecule has 0 bridgehead atoms. The van der Waals surface area contributed by atoms with Crippen molar-refractivity contribution in [3.8, 4) is 11.4 Å². The van der Waals surface area contributed by atoms with Crippen molar-refractivity contribution in [2.45, 2.75) is 40.7 Å². The molecule has 106 valence electrons. The Labute approximate surface area is 120 Å². The second-order valence-corrected chi connectivity index (χ2v) is 5.06. The van der Waals surface area contributed by atoms with Gasteiger partial charge in [0.1, 0.15) is 0 Å². The molecular weight excluding hydrogens is 248 g/mol. The van der Waals surface area contributed by atoms with Crippen molar-refractivity contribution < 1.29 is 0 Å². The van der Waals surface area contributed by atoms with Crippen molar-refractivity contribution in [3.63, 3.8) is 0 Å². The Kier molecular flexibility index (Phi) is 4.79. The molecule has 0 saturated heterocycles. The summed E-state index contributed by atoms with van der Waals surface area (Å²) in [5, 5.41) is 3.41. The molecule has 1 N–H and O–H groups in total. The van der Waals surface area contributed by atoms with E-state index in [1.807, 2.05) is 26.1 Å². The number of aromatic nitrogens is 3. The van der Waals surface area contributed by atoms with Crippen molar-refractivity contribution in [1.29, 1.82) is 0 Å². The highest BCUT2D eigenvalue weighted by Gasteiger charge is 2.11. The molecule has 0 aliphatic rings. The standard InChI is InChI=1S/C16H22N4/c1-5-7-17-10-15-12(3)19-16(20-13(15)4)14-9-18-8-6-11(14)2/h6,8-9,17H,5,7,10H2,1-4H3. The summed E-state index contributed by atoms with van der Waals surface area (Å²) in [6, 6.07) is 1.99. The molecule has 2 aromatic heterocycles. The van der Waals surface area contributed by atoms with Crippen LogP contribution in [0.1, 0.15) is 35.9 Å². The zero-order valence-corrected chi connectivity index (χ0v) is 12.7. The number of pyridine rings is 1. The van der Waals surface area contributed by atoms with Crippen LogP contribution >= 0.6 is 0 Å². The third-order valence-electron chi connectivity index (χ3n) is 3.43. The highest BCUT2D eigenvalue weighted by Crippen LogP contribution is 2.21. The lowest BCUT2D eigenvalue weighted by atomic mass is 10.1. The van der Waals surface area contributed by atoms with E-state index in [0.717, 1.165) is 47.8 Å². The van der Waals surface area contributed by atoms with E-state index in [9.17, 15) is 0 Å². The van der Waals surface area contributed by atoms with E-state index in [1.54, 1.807) is 6.20 Å². The minimum absolute atomic E-state index is 0.768. The fourth-order valence-corrected chi connectivity index (χ4v) is 2.20. The highest BCUT2D eigenvalue weighted by atomic mass is 14.9. The average Bonchev–Trinajstić information content (AvgIpc) is 2.42. The van der Waals surface area contributed by atoms with E-state index in [0.29, 0.717) is 0 Å². The van der Waals surface area contributed by atoms with Crippen molar-refractivity contribution in [2.75, 3.05) is 6.54 Å². The van der Waals surface area contributed by atoms with E-state index in [4.69, 9.17) is 0 Å². The molecule has 4 heteroatoms. The number of hydrogen-bond donors (Lipinski definition) is 1. The molecular formula is C16H22N4. The summed E-state index contributed by atoms with van der Waals surface area (Å²) in [4.78, 5) is 13.5. The normalized spacial score (nSPS) is 10.8. The topological polar surface area (TPSA) is 50.7 Å². The molecule has 2 rings (SSSR count). The van der Waals surface area contributed by atoms with E-state index in [2.05, 4.69) is 34.1 Å². The van der Waals surface area contributed by atoms with Crippen LogP contribution in [0.3, 0.4) is 0 Å². The van der Waals surface area contributed by atoms with Gasteiger partial charge in [-0.1, -0.05) is 6.92 Å². The van der Waals surface area contributed by atoms with Gasteiger partial charge >= 0.3 is 0 Å². The van der Waals surface area contributed by atoms with Gasteiger partial charge in [-0.2, -0.15) is 0 Å². The first-order valence-corrected chi connectivity index (χ1v) is 7.09. The first-order chi connectivity index (χ1) is 9.63. The zero-order valence-electron chi connectivity index (χ0n) is 12.7. The zero-order chi connectivity index (χ0) is 14.5. The van der Waals surface area contributed by atoms with Crippen molar-refractivity contribution in [2.24, 2.45) is 0 Å². The number of hydrogen-bond acceptors (Lipinski definition) is 4. The van der Waals surface area contributed by atoms with Crippen LogP contribution in [0, 0.1) is 20.8 Å². The van der Waals surface area contributed by atoms with Crippen LogP contribution in [0.2, 0.25) is 0 Å². The maximum Gasteiger partial charge on any atom is 0.161 e. The van der Waals surface area contributed by atoms with Crippen LogP contribution in [0.4, 0.5) is 0 Å². The van der Waals surface area contributed by atoms with Crippen LogP contribution in [0.15, 0.2) is 18.5 Å². The molecule has 0 aromatic carbocycles. The highest BCUT2D eigenvalue weighted by molar-refractivity contribution is 5.58. The maximum absolute atomic E-state index is 4.65. The van der Waals surface area contributed by atoms with E-state index in [1.165, 1.54) is 5.56 Å². The molecule has 2 aromatic rings. The van der Waals surface area contributed by atoms with E-state index >= 15 is 0 Å². The molecule has 20 heavy (non-hydrogen) atoms. The molecule has 0 aliphatic heterocycles. The molecule has 0 radical (unpaired) electrons. The first kappa shape index (κ1) is 14.6. The van der Waals surface area contributed by atoms with E-state index in [-0.39, 0.29) is 0 Å². The lowest BCUT2D eigenvalue weighted by Crippen LogP contribution is -2.17. The van der Waals surface area contributed by atoms with Gasteiger partial charge in [0, 0.05) is 41.5 Å². The summed E-state index contributed by atoms with van der Waals surface area (Å²) in [5.41, 5.74) is 5.44. The van der Waals surface area contributed by atoms with Crippen LogP contribution in [-0.4, -0.2) is 21.5 Å². The Morgan fingerprint density at radius 3 is 2.40 bits per heavy atom. The van der Waals surface area contributed by atoms with Crippen molar-refractivity contribution in [3.05, 3.63) is 41.0 Å². The molecule has 0 amide bonds. The number of aryl methyl sites for hydroxylation is 3. The average molecular weight is 270 g/mol. The Morgan fingerprint density at radius 1 is 1.10 bits per heavy atom. The maximum atomic E-state index is 4.65. The van der Waals surface area contributed by atoms with Gasteiger partial charge in [-0.15, -0.1) is 0 Å². The second-order valence-electron chi connectivity index (χ2n) is 5.06. The van der Waals surface area contributed by atoms with Gasteiger partial charge in [-0.25, -0.2) is 9.97 Å². The Hall–Kier alpha value is -1.81. The third-order valence-corrected chi connectivity index (χ3v) is 3.43. The summed E-state index contributed by atoms with van der Waals surface area (Å²) in [7, 11) is 0. The Bertz CT molecular complexity index is 570. The lowest BCUT2D eigenvalue weighted by Gasteiger charge is -2.12. The van der Waals surface area contributed by atoms with Crippen LogP contribution in [0.25, 0.3) is 11.4 Å². The SMILES string of the molecule is CCCNCc1c(C)nc(-c2cnccc2C)nc1C. The molecule has 0 saturated carbocycles. The molecule has 0 aliphatic carbocycles. The number of nitrogens with zero attached hydrogens (tertiary/aromatic N) is 3. The van der Waals surface area contributed by atoms with Crippen LogP contribution in [0.5, 0.6) is 0 Å². The predicted molar refractivity (Wildman–Crippen MR) is 81.5 cm³/mol. The molecule has 2 heterocycles. The summed E-state index contributed by atoms with van der Waals surface area (Å²) >= 11 is 0. The second kappa shape index (κ2) is 6.57. The molecule has 0 atom stereocenters. The molecule has 0 unspecified atom stereocenters. The first-order valence-electron chi connectivity index (χ1n) is 7.09. The Balaban J connectivity index is 2.33. The fourth-order valence-electron chi connectivity index (χ4n) is 2.20. The molecule has 0 spiro atoms. The monoisotopic (exact) mass is 270 g/mol. The largest absolute Gasteiger partial charge is 0.313 e. The van der Waals surface area contributed by atoms with Crippen LogP contribution < -0.4 is 5.32 Å². The lowest BCUT2D eigenvalue weighted by molar-refractivity contribution is 0.665. The number of rotatable bonds is 5. The van der Waals surface area contributed by atoms with Crippen molar-refractivity contribution >= 4 is 0 Å². The van der Waals surface area contributed by atoms with Gasteiger partial charge in [0.2, 0.25) is 0 Å². The number of nitrogens with one attached hydrogen (secondary N) is 1. The minimum Gasteiger partial charge on any atom is -0.313 e. The quantitative estimate of drug-likeness (QED) is 0.849. The van der Waals surface area contributed by atoms with E-state index < -0.39 is 0 Å². The summed E-state index contributed by atoms with van der Waals surface area (Å²) in [5.74, 6) is 0.768. The third kappa shape index (κ3) is 3.20. The smallest absolute Gasteiger partial charge is 0.161 e.